The largest absolute Gasteiger partial charge is 0.380 e. The summed E-state index contributed by atoms with van der Waals surface area (Å²) in [6, 6.07) is 3.07. The van der Waals surface area contributed by atoms with Gasteiger partial charge < -0.3 is 9.64 Å². The second-order valence-corrected chi connectivity index (χ2v) is 3.25. The molecule has 0 bridgehead atoms. The maximum absolute atomic E-state index is 10.4. The standard InChI is InChI=1S/C10H15N3O3/c1-3-16-7-6-12(2)10-5-4-9(8-11-10)13(14)15/h4-5,8H,3,6-7H2,1-2H3. The number of likely N-dealkylation sites (N-methyl/N-ethyl adjacent to an activating group) is 1. The first kappa shape index (κ1) is 12.4. The van der Waals surface area contributed by atoms with Crippen LogP contribution in [0.15, 0.2) is 18.3 Å². The van der Waals surface area contributed by atoms with Gasteiger partial charge in [-0.25, -0.2) is 4.98 Å². The highest BCUT2D eigenvalue weighted by atomic mass is 16.6. The second-order valence-electron chi connectivity index (χ2n) is 3.25. The molecule has 0 amide bonds. The minimum absolute atomic E-state index is 0.00181. The first-order valence-electron chi connectivity index (χ1n) is 5.04. The Balaban J connectivity index is 2.56. The monoisotopic (exact) mass is 225 g/mol. The zero-order valence-corrected chi connectivity index (χ0v) is 9.42. The van der Waals surface area contributed by atoms with E-state index in [0.29, 0.717) is 25.6 Å². The quantitative estimate of drug-likeness (QED) is 0.416. The van der Waals surface area contributed by atoms with Gasteiger partial charge in [-0.2, -0.15) is 0 Å². The van der Waals surface area contributed by atoms with Crippen LogP contribution in [0.3, 0.4) is 0 Å². The highest BCUT2D eigenvalue weighted by Gasteiger charge is 2.07. The fourth-order valence-corrected chi connectivity index (χ4v) is 1.17. The normalized spacial score (nSPS) is 10.1. The Morgan fingerprint density at radius 3 is 2.81 bits per heavy atom. The average molecular weight is 225 g/mol. The summed E-state index contributed by atoms with van der Waals surface area (Å²) in [4.78, 5) is 15.9. The van der Waals surface area contributed by atoms with Gasteiger partial charge in [-0.3, -0.25) is 10.1 Å². The molecule has 0 aliphatic rings. The minimum Gasteiger partial charge on any atom is -0.380 e. The molecule has 0 aliphatic carbocycles. The fourth-order valence-electron chi connectivity index (χ4n) is 1.17. The lowest BCUT2D eigenvalue weighted by molar-refractivity contribution is -0.385. The molecule has 0 radical (unpaired) electrons. The first-order chi connectivity index (χ1) is 7.65. The number of anilines is 1. The van der Waals surface area contributed by atoms with Gasteiger partial charge in [-0.05, 0) is 13.0 Å². The number of rotatable bonds is 6. The van der Waals surface area contributed by atoms with Gasteiger partial charge in [0.05, 0.1) is 11.5 Å². The molecule has 0 aromatic carbocycles. The molecule has 0 fully saturated rings. The molecular weight excluding hydrogens is 210 g/mol. The van der Waals surface area contributed by atoms with Gasteiger partial charge in [0.25, 0.3) is 5.69 Å². The number of pyridine rings is 1. The minimum atomic E-state index is -0.461. The van der Waals surface area contributed by atoms with Gasteiger partial charge in [0.2, 0.25) is 0 Å². The number of nitrogens with zero attached hydrogens (tertiary/aromatic N) is 3. The summed E-state index contributed by atoms with van der Waals surface area (Å²) in [6.07, 6.45) is 1.26. The third-order valence-corrected chi connectivity index (χ3v) is 2.11. The van der Waals surface area contributed by atoms with Crippen LogP contribution in [0.5, 0.6) is 0 Å². The molecule has 16 heavy (non-hydrogen) atoms. The molecule has 0 N–H and O–H groups in total. The van der Waals surface area contributed by atoms with E-state index in [1.54, 1.807) is 6.07 Å². The Morgan fingerprint density at radius 2 is 2.31 bits per heavy atom. The molecule has 0 atom stereocenters. The summed E-state index contributed by atoms with van der Waals surface area (Å²) < 4.78 is 5.21. The second kappa shape index (κ2) is 6.02. The lowest BCUT2D eigenvalue weighted by Crippen LogP contribution is -2.23. The van der Waals surface area contributed by atoms with Crippen molar-refractivity contribution in [2.24, 2.45) is 0 Å². The van der Waals surface area contributed by atoms with Crippen LogP contribution in [0.4, 0.5) is 11.5 Å². The van der Waals surface area contributed by atoms with Crippen LogP contribution >= 0.6 is 0 Å². The SMILES string of the molecule is CCOCCN(C)c1ccc([N+](=O)[O-])cn1. The topological polar surface area (TPSA) is 68.5 Å². The summed E-state index contributed by atoms with van der Waals surface area (Å²) >= 11 is 0. The fraction of sp³-hybridized carbons (Fsp3) is 0.500. The summed E-state index contributed by atoms with van der Waals surface area (Å²) in [5.41, 5.74) is 0.00181. The van der Waals surface area contributed by atoms with Crippen molar-refractivity contribution >= 4 is 11.5 Å². The molecule has 0 aliphatic heterocycles. The molecule has 1 heterocycles. The van der Waals surface area contributed by atoms with Gasteiger partial charge in [0.15, 0.2) is 0 Å². The Kier molecular flexibility index (Phi) is 4.65. The number of nitro groups is 1. The van der Waals surface area contributed by atoms with E-state index < -0.39 is 4.92 Å². The van der Waals surface area contributed by atoms with Crippen LogP contribution in [0, 0.1) is 10.1 Å². The van der Waals surface area contributed by atoms with E-state index in [9.17, 15) is 10.1 Å². The average Bonchev–Trinajstić information content (AvgIpc) is 2.29. The van der Waals surface area contributed by atoms with Gasteiger partial charge in [-0.1, -0.05) is 0 Å². The Bertz CT molecular complexity index is 340. The molecule has 6 heteroatoms. The summed E-state index contributed by atoms with van der Waals surface area (Å²) in [6.45, 7) is 3.94. The molecule has 1 aromatic heterocycles. The maximum Gasteiger partial charge on any atom is 0.287 e. The van der Waals surface area contributed by atoms with Crippen molar-refractivity contribution in [1.29, 1.82) is 0 Å². The van der Waals surface area contributed by atoms with Crippen LogP contribution in [0.25, 0.3) is 0 Å². The molecular formula is C10H15N3O3. The van der Waals surface area contributed by atoms with Crippen LogP contribution in [0.2, 0.25) is 0 Å². The van der Waals surface area contributed by atoms with E-state index in [2.05, 4.69) is 4.98 Å². The lowest BCUT2D eigenvalue weighted by atomic mass is 10.4. The van der Waals surface area contributed by atoms with Gasteiger partial charge in [0.1, 0.15) is 12.0 Å². The van der Waals surface area contributed by atoms with Crippen LogP contribution in [-0.2, 0) is 4.74 Å². The van der Waals surface area contributed by atoms with E-state index in [-0.39, 0.29) is 5.69 Å². The van der Waals surface area contributed by atoms with Crippen molar-refractivity contribution in [1.82, 2.24) is 4.98 Å². The summed E-state index contributed by atoms with van der Waals surface area (Å²) in [5.74, 6) is 0.699. The molecule has 1 aromatic rings. The van der Waals surface area contributed by atoms with E-state index in [0.717, 1.165) is 0 Å². The summed E-state index contributed by atoms with van der Waals surface area (Å²) in [5, 5.41) is 10.4. The van der Waals surface area contributed by atoms with E-state index in [1.165, 1.54) is 12.3 Å². The molecule has 0 saturated heterocycles. The van der Waals surface area contributed by atoms with Gasteiger partial charge in [-0.15, -0.1) is 0 Å². The number of ether oxygens (including phenoxy) is 1. The Hall–Kier alpha value is -1.69. The molecule has 1 rings (SSSR count). The zero-order chi connectivity index (χ0) is 12.0. The highest BCUT2D eigenvalue weighted by molar-refractivity contribution is 5.41. The van der Waals surface area contributed by atoms with E-state index in [4.69, 9.17) is 4.74 Å². The third-order valence-electron chi connectivity index (χ3n) is 2.11. The maximum atomic E-state index is 10.4. The molecule has 0 saturated carbocycles. The number of hydrogen-bond acceptors (Lipinski definition) is 5. The molecule has 88 valence electrons. The highest BCUT2D eigenvalue weighted by Crippen LogP contribution is 2.14. The smallest absolute Gasteiger partial charge is 0.287 e. The van der Waals surface area contributed by atoms with Crippen molar-refractivity contribution in [2.45, 2.75) is 6.92 Å². The lowest BCUT2D eigenvalue weighted by Gasteiger charge is -2.17. The number of hydrogen-bond donors (Lipinski definition) is 0. The van der Waals surface area contributed by atoms with Crippen molar-refractivity contribution in [3.05, 3.63) is 28.4 Å². The van der Waals surface area contributed by atoms with E-state index >= 15 is 0 Å². The van der Waals surface area contributed by atoms with Crippen molar-refractivity contribution < 1.29 is 9.66 Å². The first-order valence-corrected chi connectivity index (χ1v) is 5.04. The molecule has 0 spiro atoms. The van der Waals surface area contributed by atoms with Crippen molar-refractivity contribution in [3.63, 3.8) is 0 Å². The Labute approximate surface area is 94.0 Å². The van der Waals surface area contributed by atoms with Gasteiger partial charge >= 0.3 is 0 Å². The predicted octanol–water partition coefficient (Wildman–Crippen LogP) is 1.46. The molecule has 6 nitrogen and oxygen atoms in total. The summed E-state index contributed by atoms with van der Waals surface area (Å²) in [7, 11) is 1.87. The third kappa shape index (κ3) is 3.47. The van der Waals surface area contributed by atoms with E-state index in [1.807, 2.05) is 18.9 Å². The van der Waals surface area contributed by atoms with Crippen LogP contribution in [-0.4, -0.2) is 36.7 Å². The van der Waals surface area contributed by atoms with Crippen molar-refractivity contribution in [3.8, 4) is 0 Å². The van der Waals surface area contributed by atoms with Crippen LogP contribution in [0.1, 0.15) is 6.92 Å². The predicted molar refractivity (Wildman–Crippen MR) is 60.7 cm³/mol. The zero-order valence-electron chi connectivity index (χ0n) is 9.42. The van der Waals surface area contributed by atoms with Crippen molar-refractivity contribution in [2.75, 3.05) is 31.7 Å². The number of aromatic nitrogens is 1. The Morgan fingerprint density at radius 1 is 1.56 bits per heavy atom. The molecule has 0 unspecified atom stereocenters. The van der Waals surface area contributed by atoms with Crippen LogP contribution < -0.4 is 4.90 Å². The van der Waals surface area contributed by atoms with Gasteiger partial charge in [0, 0.05) is 26.3 Å².